The van der Waals surface area contributed by atoms with Crippen molar-refractivity contribution in [2.45, 2.75) is 13.5 Å². The second kappa shape index (κ2) is 6.18. The minimum Gasteiger partial charge on any atom is -0.494 e. The van der Waals surface area contributed by atoms with Crippen molar-refractivity contribution >= 4 is 5.69 Å². The summed E-state index contributed by atoms with van der Waals surface area (Å²) in [6.07, 6.45) is 0. The Hall–Kier alpha value is -2.10. The molecule has 0 amide bonds. The molecule has 0 fully saturated rings. The van der Waals surface area contributed by atoms with Crippen LogP contribution in [0.5, 0.6) is 5.75 Å². The van der Waals surface area contributed by atoms with E-state index in [1.54, 1.807) is 6.07 Å². The molecule has 0 bridgehead atoms. The number of ether oxygens (including phenoxy) is 1. The third-order valence-electron chi connectivity index (χ3n) is 2.68. The molecule has 0 aliphatic heterocycles. The Morgan fingerprint density at radius 3 is 2.42 bits per heavy atom. The number of hydrogen-bond acceptors (Lipinski definition) is 2. The summed E-state index contributed by atoms with van der Waals surface area (Å²) in [7, 11) is 0. The first kappa shape index (κ1) is 13.3. The third-order valence-corrected chi connectivity index (χ3v) is 2.68. The summed E-state index contributed by atoms with van der Waals surface area (Å²) in [5.74, 6) is -0.372. The number of hydrogen-bond donors (Lipinski definition) is 1. The van der Waals surface area contributed by atoms with Crippen molar-refractivity contribution < 1.29 is 13.5 Å². The molecule has 0 saturated heterocycles. The Bertz CT molecular complexity index is 537. The summed E-state index contributed by atoms with van der Waals surface area (Å²) in [5, 5.41) is 2.98. The van der Waals surface area contributed by atoms with Crippen molar-refractivity contribution in [3.63, 3.8) is 0 Å². The molecule has 0 spiro atoms. The van der Waals surface area contributed by atoms with Crippen LogP contribution < -0.4 is 10.1 Å². The summed E-state index contributed by atoms with van der Waals surface area (Å²) in [6.45, 7) is 2.56. The average molecular weight is 263 g/mol. The molecule has 100 valence electrons. The lowest BCUT2D eigenvalue weighted by Gasteiger charge is -2.10. The zero-order chi connectivity index (χ0) is 13.7. The molecule has 19 heavy (non-hydrogen) atoms. The molecule has 0 unspecified atom stereocenters. The molecular formula is C15H15F2NO. The molecule has 0 heterocycles. The molecule has 0 aromatic heterocycles. The standard InChI is InChI=1S/C15H15F2NO/c1-2-19-12-6-3-5-11(9-12)18-10-13-14(16)7-4-8-15(13)17/h3-9,18H,2,10H2,1H3. The number of benzene rings is 2. The van der Waals surface area contributed by atoms with Gasteiger partial charge in [0.2, 0.25) is 0 Å². The fourth-order valence-corrected chi connectivity index (χ4v) is 1.75. The van der Waals surface area contributed by atoms with E-state index in [2.05, 4.69) is 5.32 Å². The Balaban J connectivity index is 2.08. The SMILES string of the molecule is CCOc1cccc(NCc2c(F)cccc2F)c1. The zero-order valence-corrected chi connectivity index (χ0v) is 10.6. The first-order valence-corrected chi connectivity index (χ1v) is 6.10. The lowest BCUT2D eigenvalue weighted by molar-refractivity contribution is 0.340. The lowest BCUT2D eigenvalue weighted by Crippen LogP contribution is -2.04. The smallest absolute Gasteiger partial charge is 0.131 e. The maximum atomic E-state index is 13.4. The quantitative estimate of drug-likeness (QED) is 0.881. The molecular weight excluding hydrogens is 248 g/mol. The van der Waals surface area contributed by atoms with E-state index < -0.39 is 11.6 Å². The predicted octanol–water partition coefficient (Wildman–Crippen LogP) is 3.98. The van der Waals surface area contributed by atoms with E-state index in [1.807, 2.05) is 25.1 Å². The third kappa shape index (κ3) is 3.44. The topological polar surface area (TPSA) is 21.3 Å². The van der Waals surface area contributed by atoms with Gasteiger partial charge in [0.25, 0.3) is 0 Å². The van der Waals surface area contributed by atoms with Gasteiger partial charge >= 0.3 is 0 Å². The molecule has 0 radical (unpaired) electrons. The van der Waals surface area contributed by atoms with Crippen molar-refractivity contribution in [1.29, 1.82) is 0 Å². The molecule has 2 rings (SSSR count). The van der Waals surface area contributed by atoms with Crippen LogP contribution in [0.4, 0.5) is 14.5 Å². The van der Waals surface area contributed by atoms with E-state index in [0.29, 0.717) is 6.61 Å². The summed E-state index contributed by atoms with van der Waals surface area (Å²) < 4.78 is 32.3. The minimum absolute atomic E-state index is 0.0318. The first-order valence-electron chi connectivity index (χ1n) is 6.10. The predicted molar refractivity (Wildman–Crippen MR) is 71.3 cm³/mol. The van der Waals surface area contributed by atoms with E-state index in [9.17, 15) is 8.78 Å². The van der Waals surface area contributed by atoms with Crippen molar-refractivity contribution in [2.24, 2.45) is 0 Å². The van der Waals surface area contributed by atoms with Crippen molar-refractivity contribution in [1.82, 2.24) is 0 Å². The number of rotatable bonds is 5. The Morgan fingerprint density at radius 2 is 1.74 bits per heavy atom. The Labute approximate surface area is 111 Å². The fraction of sp³-hybridized carbons (Fsp3) is 0.200. The Kier molecular flexibility index (Phi) is 4.34. The van der Waals surface area contributed by atoms with Gasteiger partial charge in [0.15, 0.2) is 0 Å². The highest BCUT2D eigenvalue weighted by atomic mass is 19.1. The second-order valence-corrected chi connectivity index (χ2v) is 4.01. The molecule has 0 aliphatic rings. The molecule has 2 aromatic rings. The largest absolute Gasteiger partial charge is 0.494 e. The van der Waals surface area contributed by atoms with Gasteiger partial charge in [0.05, 0.1) is 6.61 Å². The van der Waals surface area contributed by atoms with E-state index in [0.717, 1.165) is 11.4 Å². The van der Waals surface area contributed by atoms with E-state index in [-0.39, 0.29) is 12.1 Å². The lowest BCUT2D eigenvalue weighted by atomic mass is 10.2. The molecule has 1 N–H and O–H groups in total. The number of halogens is 2. The van der Waals surface area contributed by atoms with Crippen LogP contribution in [0.2, 0.25) is 0 Å². The van der Waals surface area contributed by atoms with Crippen molar-refractivity contribution in [3.05, 3.63) is 59.7 Å². The summed E-state index contributed by atoms with van der Waals surface area (Å²) in [6, 6.07) is 11.1. The highest BCUT2D eigenvalue weighted by molar-refractivity contribution is 5.48. The van der Waals surface area contributed by atoms with Gasteiger partial charge < -0.3 is 10.1 Å². The molecule has 2 aromatic carbocycles. The summed E-state index contributed by atoms with van der Waals surface area (Å²) in [5.41, 5.74) is 0.790. The minimum atomic E-state index is -0.548. The zero-order valence-electron chi connectivity index (χ0n) is 10.6. The van der Waals surface area contributed by atoms with Crippen LogP contribution in [-0.2, 0) is 6.54 Å². The molecule has 0 aliphatic carbocycles. The van der Waals surface area contributed by atoms with E-state index in [4.69, 9.17) is 4.74 Å². The van der Waals surface area contributed by atoms with Crippen LogP contribution in [0.15, 0.2) is 42.5 Å². The van der Waals surface area contributed by atoms with Gasteiger partial charge in [-0.3, -0.25) is 0 Å². The van der Waals surface area contributed by atoms with Crippen molar-refractivity contribution in [2.75, 3.05) is 11.9 Å². The van der Waals surface area contributed by atoms with Gasteiger partial charge in [-0.25, -0.2) is 8.78 Å². The number of nitrogens with one attached hydrogen (secondary N) is 1. The number of anilines is 1. The van der Waals surface area contributed by atoms with Gasteiger partial charge in [-0.1, -0.05) is 12.1 Å². The van der Waals surface area contributed by atoms with Gasteiger partial charge in [0, 0.05) is 23.9 Å². The monoisotopic (exact) mass is 263 g/mol. The van der Waals surface area contributed by atoms with Crippen LogP contribution >= 0.6 is 0 Å². The molecule has 2 nitrogen and oxygen atoms in total. The molecule has 0 atom stereocenters. The summed E-state index contributed by atoms with van der Waals surface area (Å²) >= 11 is 0. The van der Waals surface area contributed by atoms with Crippen LogP contribution in [0.3, 0.4) is 0 Å². The van der Waals surface area contributed by atoms with E-state index >= 15 is 0 Å². The van der Waals surface area contributed by atoms with Gasteiger partial charge in [-0.15, -0.1) is 0 Å². The Morgan fingerprint density at radius 1 is 1.05 bits per heavy atom. The van der Waals surface area contributed by atoms with Gasteiger partial charge in [-0.2, -0.15) is 0 Å². The van der Waals surface area contributed by atoms with Crippen LogP contribution in [0.25, 0.3) is 0 Å². The van der Waals surface area contributed by atoms with Gasteiger partial charge in [-0.05, 0) is 31.2 Å². The highest BCUT2D eigenvalue weighted by Crippen LogP contribution is 2.19. The van der Waals surface area contributed by atoms with Crippen LogP contribution in [-0.4, -0.2) is 6.61 Å². The fourth-order valence-electron chi connectivity index (χ4n) is 1.75. The van der Waals surface area contributed by atoms with Crippen LogP contribution in [0, 0.1) is 11.6 Å². The highest BCUT2D eigenvalue weighted by Gasteiger charge is 2.07. The molecule has 0 saturated carbocycles. The average Bonchev–Trinajstić information content (AvgIpc) is 2.39. The first-order chi connectivity index (χ1) is 9.20. The normalized spacial score (nSPS) is 10.3. The second-order valence-electron chi connectivity index (χ2n) is 4.01. The van der Waals surface area contributed by atoms with Crippen molar-refractivity contribution in [3.8, 4) is 5.75 Å². The summed E-state index contributed by atoms with van der Waals surface area (Å²) in [4.78, 5) is 0. The van der Waals surface area contributed by atoms with Crippen LogP contribution in [0.1, 0.15) is 12.5 Å². The maximum Gasteiger partial charge on any atom is 0.131 e. The molecule has 4 heteroatoms. The van der Waals surface area contributed by atoms with Gasteiger partial charge in [0.1, 0.15) is 17.4 Å². The maximum absolute atomic E-state index is 13.4. The van der Waals surface area contributed by atoms with E-state index in [1.165, 1.54) is 18.2 Å².